The number of halogens is 2. The SMILES string of the molecule is O=C(Cl)c1ccc2sc(C(=O)Cl)nc2c1. The molecule has 2 rings (SSSR count). The van der Waals surface area contributed by atoms with Crippen molar-refractivity contribution >= 4 is 55.2 Å². The van der Waals surface area contributed by atoms with Crippen molar-refractivity contribution in [2.24, 2.45) is 0 Å². The van der Waals surface area contributed by atoms with Gasteiger partial charge in [0, 0.05) is 5.56 Å². The largest absolute Gasteiger partial charge is 0.281 e. The number of hydrogen-bond donors (Lipinski definition) is 0. The molecule has 6 heteroatoms. The lowest BCUT2D eigenvalue weighted by Crippen LogP contribution is -1.88. The zero-order valence-electron chi connectivity index (χ0n) is 7.16. The molecule has 0 fully saturated rings. The van der Waals surface area contributed by atoms with Crippen molar-refractivity contribution in [2.75, 3.05) is 0 Å². The lowest BCUT2D eigenvalue weighted by atomic mass is 10.2. The second-order valence-corrected chi connectivity index (χ2v) is 4.47. The molecular formula is C9H3Cl2NO2S. The standard InChI is InChI=1S/C9H3Cl2NO2S/c10-7(13)4-1-2-6-5(3-4)12-9(15-6)8(11)14/h1-3H. The van der Waals surface area contributed by atoms with Gasteiger partial charge in [-0.3, -0.25) is 9.59 Å². The Kier molecular flexibility index (Phi) is 2.73. The molecule has 0 bridgehead atoms. The zero-order valence-corrected chi connectivity index (χ0v) is 9.49. The Morgan fingerprint density at radius 1 is 1.20 bits per heavy atom. The normalized spacial score (nSPS) is 10.5. The van der Waals surface area contributed by atoms with Gasteiger partial charge in [0.15, 0.2) is 5.01 Å². The molecule has 3 nitrogen and oxygen atoms in total. The molecule has 0 radical (unpaired) electrons. The molecule has 1 aromatic carbocycles. The van der Waals surface area contributed by atoms with Crippen molar-refractivity contribution < 1.29 is 9.59 Å². The van der Waals surface area contributed by atoms with E-state index in [4.69, 9.17) is 23.2 Å². The second-order valence-electron chi connectivity index (χ2n) is 2.75. The first-order valence-electron chi connectivity index (χ1n) is 3.88. The number of carbonyl (C=O) groups excluding carboxylic acids is 2. The van der Waals surface area contributed by atoms with Crippen LogP contribution in [0.4, 0.5) is 0 Å². The molecule has 0 saturated heterocycles. The summed E-state index contributed by atoms with van der Waals surface area (Å²) in [7, 11) is 0. The number of fused-ring (bicyclic) bond motifs is 1. The Morgan fingerprint density at radius 3 is 2.53 bits per heavy atom. The highest BCUT2D eigenvalue weighted by atomic mass is 35.5. The van der Waals surface area contributed by atoms with Gasteiger partial charge in [-0.15, -0.1) is 11.3 Å². The van der Waals surface area contributed by atoms with E-state index in [1.54, 1.807) is 12.1 Å². The molecule has 0 amide bonds. The Balaban J connectivity index is 2.62. The maximum Gasteiger partial charge on any atom is 0.281 e. The summed E-state index contributed by atoms with van der Waals surface area (Å²) in [6.07, 6.45) is 0. The van der Waals surface area contributed by atoms with Crippen LogP contribution in [-0.4, -0.2) is 15.5 Å². The van der Waals surface area contributed by atoms with E-state index in [9.17, 15) is 9.59 Å². The van der Waals surface area contributed by atoms with E-state index in [1.807, 2.05) is 0 Å². The molecule has 15 heavy (non-hydrogen) atoms. The van der Waals surface area contributed by atoms with E-state index < -0.39 is 10.5 Å². The fraction of sp³-hybridized carbons (Fsp3) is 0. The van der Waals surface area contributed by atoms with Gasteiger partial charge in [0.2, 0.25) is 0 Å². The minimum atomic E-state index is -0.602. The summed E-state index contributed by atoms with van der Waals surface area (Å²) in [6.45, 7) is 0. The van der Waals surface area contributed by atoms with Gasteiger partial charge in [0.1, 0.15) is 0 Å². The van der Waals surface area contributed by atoms with E-state index in [2.05, 4.69) is 4.98 Å². The zero-order chi connectivity index (χ0) is 11.0. The van der Waals surface area contributed by atoms with Crippen molar-refractivity contribution in [2.45, 2.75) is 0 Å². The minimum Gasteiger partial charge on any atom is -0.276 e. The molecule has 0 aliphatic carbocycles. The molecule has 0 atom stereocenters. The van der Waals surface area contributed by atoms with Crippen molar-refractivity contribution in [1.29, 1.82) is 0 Å². The summed E-state index contributed by atoms with van der Waals surface area (Å²) < 4.78 is 0.792. The molecule has 2 aromatic rings. The number of hydrogen-bond acceptors (Lipinski definition) is 4. The fourth-order valence-corrected chi connectivity index (χ4v) is 2.19. The van der Waals surface area contributed by atoms with E-state index in [-0.39, 0.29) is 5.01 Å². The van der Waals surface area contributed by atoms with Gasteiger partial charge < -0.3 is 0 Å². The number of benzene rings is 1. The van der Waals surface area contributed by atoms with Crippen LogP contribution in [0, 0.1) is 0 Å². The summed E-state index contributed by atoms with van der Waals surface area (Å²) in [5.74, 6) is 0. The minimum absolute atomic E-state index is 0.214. The maximum atomic E-state index is 10.9. The number of aromatic nitrogens is 1. The van der Waals surface area contributed by atoms with E-state index in [0.717, 1.165) is 4.70 Å². The summed E-state index contributed by atoms with van der Waals surface area (Å²) >= 11 is 11.8. The van der Waals surface area contributed by atoms with Gasteiger partial charge in [0.25, 0.3) is 10.5 Å². The van der Waals surface area contributed by atoms with Crippen LogP contribution in [0.1, 0.15) is 20.2 Å². The first-order valence-corrected chi connectivity index (χ1v) is 5.45. The van der Waals surface area contributed by atoms with Crippen molar-refractivity contribution in [3.63, 3.8) is 0 Å². The fourth-order valence-electron chi connectivity index (χ4n) is 1.13. The van der Waals surface area contributed by atoms with Gasteiger partial charge in [-0.1, -0.05) is 0 Å². The summed E-state index contributed by atoms with van der Waals surface area (Å²) in [4.78, 5) is 25.7. The van der Waals surface area contributed by atoms with Crippen LogP contribution >= 0.6 is 34.5 Å². The van der Waals surface area contributed by atoms with Gasteiger partial charge in [0.05, 0.1) is 10.2 Å². The first-order chi connectivity index (χ1) is 7.08. The Bertz CT molecular complexity index is 552. The van der Waals surface area contributed by atoms with Gasteiger partial charge in [-0.2, -0.15) is 0 Å². The van der Waals surface area contributed by atoms with Crippen LogP contribution in [0.5, 0.6) is 0 Å². The Morgan fingerprint density at radius 2 is 1.93 bits per heavy atom. The molecule has 1 heterocycles. The third-order valence-corrected chi connectivity index (χ3v) is 3.33. The third-order valence-electron chi connectivity index (χ3n) is 1.78. The van der Waals surface area contributed by atoms with Crippen molar-refractivity contribution in [1.82, 2.24) is 4.98 Å². The summed E-state index contributed by atoms with van der Waals surface area (Å²) in [5.41, 5.74) is 0.901. The molecule has 0 N–H and O–H groups in total. The first kappa shape index (κ1) is 10.5. The average Bonchev–Trinajstić information content (AvgIpc) is 2.59. The van der Waals surface area contributed by atoms with Crippen LogP contribution in [-0.2, 0) is 0 Å². The molecule has 0 saturated carbocycles. The van der Waals surface area contributed by atoms with Gasteiger partial charge in [-0.05, 0) is 41.4 Å². The predicted molar refractivity (Wildman–Crippen MR) is 60.0 cm³/mol. The maximum absolute atomic E-state index is 10.9. The Hall–Kier alpha value is -0.970. The van der Waals surface area contributed by atoms with Crippen molar-refractivity contribution in [3.05, 3.63) is 28.8 Å². The molecule has 0 aliphatic heterocycles. The molecule has 0 spiro atoms. The predicted octanol–water partition coefficient (Wildman–Crippen LogP) is 3.05. The van der Waals surface area contributed by atoms with Gasteiger partial charge in [-0.25, -0.2) is 4.98 Å². The lowest BCUT2D eigenvalue weighted by Gasteiger charge is -1.91. The highest BCUT2D eigenvalue weighted by Gasteiger charge is 2.11. The summed E-state index contributed by atoms with van der Waals surface area (Å²) in [6, 6.07) is 4.80. The monoisotopic (exact) mass is 259 g/mol. The van der Waals surface area contributed by atoms with Gasteiger partial charge >= 0.3 is 0 Å². The summed E-state index contributed by atoms with van der Waals surface area (Å²) in [5, 5.41) is -0.940. The molecular weight excluding hydrogens is 257 g/mol. The number of thiazole rings is 1. The lowest BCUT2D eigenvalue weighted by molar-refractivity contribution is 0.107. The smallest absolute Gasteiger partial charge is 0.276 e. The topological polar surface area (TPSA) is 47.0 Å². The van der Waals surface area contributed by atoms with Crippen LogP contribution in [0.2, 0.25) is 0 Å². The number of carbonyl (C=O) groups is 2. The van der Waals surface area contributed by atoms with E-state index in [0.29, 0.717) is 11.1 Å². The number of rotatable bonds is 2. The average molecular weight is 260 g/mol. The Labute approximate surface area is 98.6 Å². The molecule has 0 aliphatic rings. The van der Waals surface area contributed by atoms with Crippen LogP contribution in [0.25, 0.3) is 10.2 Å². The van der Waals surface area contributed by atoms with E-state index in [1.165, 1.54) is 17.4 Å². The quantitative estimate of drug-likeness (QED) is 0.779. The second kappa shape index (κ2) is 3.89. The van der Waals surface area contributed by atoms with Crippen LogP contribution < -0.4 is 0 Å². The van der Waals surface area contributed by atoms with Crippen molar-refractivity contribution in [3.8, 4) is 0 Å². The third kappa shape index (κ3) is 2.02. The highest BCUT2D eigenvalue weighted by molar-refractivity contribution is 7.21. The molecule has 1 aromatic heterocycles. The van der Waals surface area contributed by atoms with Crippen LogP contribution in [0.15, 0.2) is 18.2 Å². The number of nitrogens with zero attached hydrogens (tertiary/aromatic N) is 1. The molecule has 76 valence electrons. The molecule has 0 unspecified atom stereocenters. The van der Waals surface area contributed by atoms with E-state index >= 15 is 0 Å². The van der Waals surface area contributed by atoms with Crippen LogP contribution in [0.3, 0.4) is 0 Å². The highest BCUT2D eigenvalue weighted by Crippen LogP contribution is 2.24.